The summed E-state index contributed by atoms with van der Waals surface area (Å²) in [6.45, 7) is 2.76. The van der Waals surface area contributed by atoms with E-state index in [4.69, 9.17) is 0 Å². The van der Waals surface area contributed by atoms with Gasteiger partial charge in [-0.2, -0.15) is 0 Å². The molecule has 0 radical (unpaired) electrons. The van der Waals surface area contributed by atoms with Gasteiger partial charge < -0.3 is 15.0 Å². The molecule has 22 heavy (non-hydrogen) atoms. The van der Waals surface area contributed by atoms with Gasteiger partial charge in [-0.25, -0.2) is 0 Å². The Hall–Kier alpha value is -1.89. The Morgan fingerprint density at radius 2 is 2.23 bits per heavy atom. The third-order valence-electron chi connectivity index (χ3n) is 3.83. The lowest BCUT2D eigenvalue weighted by molar-refractivity contribution is 0.0934. The van der Waals surface area contributed by atoms with Gasteiger partial charge in [0.05, 0.1) is 11.6 Å². The van der Waals surface area contributed by atoms with Crippen molar-refractivity contribution in [3.05, 3.63) is 39.9 Å². The predicted octanol–water partition coefficient (Wildman–Crippen LogP) is 2.57. The quantitative estimate of drug-likeness (QED) is 0.876. The van der Waals surface area contributed by atoms with Gasteiger partial charge in [0, 0.05) is 17.4 Å². The fraction of sp³-hybridized carbons (Fsp3) is 0.400. The lowest BCUT2D eigenvalue weighted by Crippen LogP contribution is -2.29. The van der Waals surface area contributed by atoms with Crippen molar-refractivity contribution in [2.24, 2.45) is 0 Å². The van der Waals surface area contributed by atoms with Crippen molar-refractivity contribution in [2.45, 2.75) is 38.8 Å². The fourth-order valence-corrected chi connectivity index (χ4v) is 3.04. The Kier molecular flexibility index (Phi) is 4.15. The summed E-state index contributed by atoms with van der Waals surface area (Å²) in [5.74, 6) is 1.36. The standard InChI is InChI=1S/C15H17BrN4O2/c1-9(14-19-18-13-4-2-3-7-20(13)14)17-15(22)11-8-10(16)5-6-12(11)21/h5-6,8-9,21H,2-4,7H2,1H3,(H,17,22). The van der Waals surface area contributed by atoms with E-state index in [1.165, 1.54) is 6.07 Å². The molecule has 1 aromatic heterocycles. The van der Waals surface area contributed by atoms with E-state index >= 15 is 0 Å². The molecule has 0 fully saturated rings. The minimum Gasteiger partial charge on any atom is -0.507 e. The Balaban J connectivity index is 1.79. The lowest BCUT2D eigenvalue weighted by Gasteiger charge is -2.19. The molecular formula is C15H17BrN4O2. The van der Waals surface area contributed by atoms with Crippen LogP contribution in [0.3, 0.4) is 0 Å². The number of benzene rings is 1. The molecule has 2 N–H and O–H groups in total. The number of phenolic OH excluding ortho intramolecular Hbond substituents is 1. The number of aromatic nitrogens is 3. The SMILES string of the molecule is CC(NC(=O)c1cc(Br)ccc1O)c1nnc2n1CCCC2. The van der Waals surface area contributed by atoms with Gasteiger partial charge in [0.25, 0.3) is 5.91 Å². The molecule has 0 aliphatic carbocycles. The van der Waals surface area contributed by atoms with E-state index in [2.05, 4.69) is 36.0 Å². The van der Waals surface area contributed by atoms with Gasteiger partial charge in [-0.3, -0.25) is 4.79 Å². The topological polar surface area (TPSA) is 80.0 Å². The molecule has 1 aliphatic rings. The number of fused-ring (bicyclic) bond motifs is 1. The molecule has 1 amide bonds. The van der Waals surface area contributed by atoms with Gasteiger partial charge in [0.15, 0.2) is 5.82 Å². The van der Waals surface area contributed by atoms with E-state index in [9.17, 15) is 9.90 Å². The van der Waals surface area contributed by atoms with Crippen LogP contribution in [0.2, 0.25) is 0 Å². The number of hydrogen-bond donors (Lipinski definition) is 2. The van der Waals surface area contributed by atoms with Gasteiger partial charge in [-0.15, -0.1) is 10.2 Å². The van der Waals surface area contributed by atoms with Crippen LogP contribution >= 0.6 is 15.9 Å². The summed E-state index contributed by atoms with van der Waals surface area (Å²) in [5.41, 5.74) is 0.236. The predicted molar refractivity (Wildman–Crippen MR) is 84.6 cm³/mol. The first kappa shape index (κ1) is 15.0. The normalized spacial score (nSPS) is 15.2. The largest absolute Gasteiger partial charge is 0.507 e. The molecule has 2 aromatic rings. The Morgan fingerprint density at radius 1 is 1.41 bits per heavy atom. The van der Waals surface area contributed by atoms with Crippen LogP contribution in [0, 0.1) is 0 Å². The molecule has 1 aliphatic heterocycles. The number of amides is 1. The number of nitrogens with one attached hydrogen (secondary N) is 1. The minimum atomic E-state index is -0.334. The minimum absolute atomic E-state index is 0.0452. The zero-order chi connectivity index (χ0) is 15.7. The number of aryl methyl sites for hydroxylation is 1. The molecule has 0 bridgehead atoms. The van der Waals surface area contributed by atoms with Crippen molar-refractivity contribution in [3.63, 3.8) is 0 Å². The average molecular weight is 365 g/mol. The number of phenols is 1. The van der Waals surface area contributed by atoms with Crippen molar-refractivity contribution in [1.82, 2.24) is 20.1 Å². The Bertz CT molecular complexity index is 714. The van der Waals surface area contributed by atoms with Crippen LogP contribution in [0.4, 0.5) is 0 Å². The first-order valence-electron chi connectivity index (χ1n) is 7.27. The maximum absolute atomic E-state index is 12.3. The zero-order valence-electron chi connectivity index (χ0n) is 12.2. The molecule has 6 nitrogen and oxygen atoms in total. The first-order chi connectivity index (χ1) is 10.6. The number of carbonyl (C=O) groups excluding carboxylic acids is 1. The summed E-state index contributed by atoms with van der Waals surface area (Å²) < 4.78 is 2.82. The number of aromatic hydroxyl groups is 1. The van der Waals surface area contributed by atoms with E-state index in [-0.39, 0.29) is 23.3 Å². The molecular weight excluding hydrogens is 348 g/mol. The number of carbonyl (C=O) groups is 1. The van der Waals surface area contributed by atoms with Gasteiger partial charge in [0.2, 0.25) is 0 Å². The lowest BCUT2D eigenvalue weighted by atomic mass is 10.1. The number of rotatable bonds is 3. The highest BCUT2D eigenvalue weighted by Gasteiger charge is 2.22. The molecule has 116 valence electrons. The van der Waals surface area contributed by atoms with Crippen molar-refractivity contribution >= 4 is 21.8 Å². The zero-order valence-corrected chi connectivity index (χ0v) is 13.8. The third kappa shape index (κ3) is 2.85. The molecule has 1 unspecified atom stereocenters. The van der Waals surface area contributed by atoms with E-state index in [0.29, 0.717) is 0 Å². The molecule has 0 saturated carbocycles. The van der Waals surface area contributed by atoms with Crippen LogP contribution in [0.5, 0.6) is 5.75 Å². The summed E-state index contributed by atoms with van der Waals surface area (Å²) >= 11 is 3.30. The van der Waals surface area contributed by atoms with Crippen molar-refractivity contribution in [2.75, 3.05) is 0 Å². The first-order valence-corrected chi connectivity index (χ1v) is 8.07. The van der Waals surface area contributed by atoms with Crippen LogP contribution in [0.15, 0.2) is 22.7 Å². The van der Waals surface area contributed by atoms with E-state index in [1.54, 1.807) is 12.1 Å². The monoisotopic (exact) mass is 364 g/mol. The second-order valence-electron chi connectivity index (χ2n) is 5.44. The maximum atomic E-state index is 12.3. The Morgan fingerprint density at radius 3 is 3.05 bits per heavy atom. The van der Waals surface area contributed by atoms with E-state index in [1.807, 2.05) is 6.92 Å². The van der Waals surface area contributed by atoms with Crippen molar-refractivity contribution < 1.29 is 9.90 Å². The maximum Gasteiger partial charge on any atom is 0.255 e. The molecule has 3 rings (SSSR count). The second kappa shape index (κ2) is 6.08. The molecule has 1 atom stereocenters. The van der Waals surface area contributed by atoms with Crippen molar-refractivity contribution in [3.8, 4) is 5.75 Å². The summed E-state index contributed by atoms with van der Waals surface area (Å²) in [4.78, 5) is 12.3. The van der Waals surface area contributed by atoms with Gasteiger partial charge in [0.1, 0.15) is 11.6 Å². The molecule has 0 spiro atoms. The van der Waals surface area contributed by atoms with Crippen molar-refractivity contribution in [1.29, 1.82) is 0 Å². The highest BCUT2D eigenvalue weighted by Crippen LogP contribution is 2.23. The summed E-state index contributed by atoms with van der Waals surface area (Å²) in [7, 11) is 0. The Labute approximate surface area is 136 Å². The van der Waals surface area contributed by atoms with Gasteiger partial charge in [-0.05, 0) is 38.0 Å². The smallest absolute Gasteiger partial charge is 0.255 e. The summed E-state index contributed by atoms with van der Waals surface area (Å²) in [6, 6.07) is 4.49. The van der Waals surface area contributed by atoms with Crippen LogP contribution in [0.25, 0.3) is 0 Å². The number of hydrogen-bond acceptors (Lipinski definition) is 4. The van der Waals surface area contributed by atoms with Gasteiger partial charge >= 0.3 is 0 Å². The number of halogens is 1. The third-order valence-corrected chi connectivity index (χ3v) is 4.32. The van der Waals surface area contributed by atoms with Crippen LogP contribution in [0.1, 0.15) is 47.8 Å². The molecule has 1 aromatic carbocycles. The second-order valence-corrected chi connectivity index (χ2v) is 6.36. The molecule has 2 heterocycles. The van der Waals surface area contributed by atoms with E-state index in [0.717, 1.165) is 41.9 Å². The number of nitrogens with zero attached hydrogens (tertiary/aromatic N) is 3. The fourth-order valence-electron chi connectivity index (χ4n) is 2.68. The van der Waals surface area contributed by atoms with Gasteiger partial charge in [-0.1, -0.05) is 15.9 Å². The summed E-state index contributed by atoms with van der Waals surface area (Å²) in [5, 5.41) is 21.1. The molecule has 7 heteroatoms. The van der Waals surface area contributed by atoms with Crippen LogP contribution < -0.4 is 5.32 Å². The average Bonchev–Trinajstić information content (AvgIpc) is 2.93. The summed E-state index contributed by atoms with van der Waals surface area (Å²) in [6.07, 6.45) is 3.16. The van der Waals surface area contributed by atoms with Crippen LogP contribution in [-0.4, -0.2) is 25.8 Å². The van der Waals surface area contributed by atoms with E-state index < -0.39 is 0 Å². The van der Waals surface area contributed by atoms with Crippen LogP contribution in [-0.2, 0) is 13.0 Å². The molecule has 0 saturated heterocycles. The highest BCUT2D eigenvalue weighted by atomic mass is 79.9. The highest BCUT2D eigenvalue weighted by molar-refractivity contribution is 9.10.